The molecule has 1 fully saturated rings. The number of nitrogens with one attached hydrogen (secondary N) is 3. The van der Waals surface area contributed by atoms with E-state index >= 15 is 0 Å². The van der Waals surface area contributed by atoms with Gasteiger partial charge in [0.1, 0.15) is 0 Å². The number of carboxylic acid groups (broad SMARTS) is 1. The molecule has 0 aliphatic heterocycles. The number of hydrogen-bond acceptors (Lipinski definition) is 3. The average molecular weight is 319 g/mol. The molecule has 1 aromatic carbocycles. The highest BCUT2D eigenvalue weighted by Crippen LogP contribution is 2.18. The summed E-state index contributed by atoms with van der Waals surface area (Å²) in [5.41, 5.74) is 1.09. The Morgan fingerprint density at radius 1 is 1.09 bits per heavy atom. The molecule has 1 aromatic rings. The molecule has 4 N–H and O–H groups in total. The molecule has 1 aliphatic carbocycles. The summed E-state index contributed by atoms with van der Waals surface area (Å²) in [5.74, 6) is -1.07. The van der Waals surface area contributed by atoms with Crippen molar-refractivity contribution in [2.24, 2.45) is 0 Å². The number of aliphatic carboxylic acids is 1. The van der Waals surface area contributed by atoms with E-state index in [1.54, 1.807) is 24.3 Å². The van der Waals surface area contributed by atoms with Crippen LogP contribution in [-0.4, -0.2) is 35.6 Å². The molecule has 7 nitrogen and oxygen atoms in total. The summed E-state index contributed by atoms with van der Waals surface area (Å²) in [6.07, 6.45) is 4.24. The van der Waals surface area contributed by atoms with E-state index in [2.05, 4.69) is 16.0 Å². The van der Waals surface area contributed by atoms with Crippen LogP contribution in [0.15, 0.2) is 24.3 Å². The van der Waals surface area contributed by atoms with Crippen molar-refractivity contribution in [3.05, 3.63) is 29.8 Å². The van der Waals surface area contributed by atoms with Crippen molar-refractivity contribution in [1.82, 2.24) is 10.6 Å². The number of carbonyl (C=O) groups excluding carboxylic acids is 2. The Morgan fingerprint density at radius 2 is 1.74 bits per heavy atom. The van der Waals surface area contributed by atoms with Gasteiger partial charge in [-0.05, 0) is 37.1 Å². The zero-order valence-electron chi connectivity index (χ0n) is 12.8. The van der Waals surface area contributed by atoms with Crippen LogP contribution in [0, 0.1) is 0 Å². The fourth-order valence-electron chi connectivity index (χ4n) is 2.50. The standard InChI is InChI=1S/C16H21N3O4/c20-14(21)9-10-17-16(23)19-13-7-5-11(6-8-13)15(22)18-12-3-1-2-4-12/h5-8,12H,1-4,9-10H2,(H,18,22)(H,20,21)(H2,17,19,23). The number of hydrogen-bond donors (Lipinski definition) is 4. The molecule has 0 heterocycles. The molecule has 1 saturated carbocycles. The third kappa shape index (κ3) is 5.61. The van der Waals surface area contributed by atoms with Gasteiger partial charge in [-0.2, -0.15) is 0 Å². The lowest BCUT2D eigenvalue weighted by molar-refractivity contribution is -0.136. The molecular weight excluding hydrogens is 298 g/mol. The highest BCUT2D eigenvalue weighted by molar-refractivity contribution is 5.95. The zero-order chi connectivity index (χ0) is 16.7. The fourth-order valence-corrected chi connectivity index (χ4v) is 2.50. The van der Waals surface area contributed by atoms with E-state index in [1.807, 2.05) is 0 Å². The number of rotatable bonds is 6. The lowest BCUT2D eigenvalue weighted by Gasteiger charge is -2.12. The van der Waals surface area contributed by atoms with Gasteiger partial charge < -0.3 is 21.1 Å². The number of carboxylic acids is 1. The van der Waals surface area contributed by atoms with Gasteiger partial charge in [0.15, 0.2) is 0 Å². The maximum absolute atomic E-state index is 12.1. The van der Waals surface area contributed by atoms with Crippen LogP contribution >= 0.6 is 0 Å². The van der Waals surface area contributed by atoms with Crippen molar-refractivity contribution in [3.8, 4) is 0 Å². The highest BCUT2D eigenvalue weighted by Gasteiger charge is 2.17. The van der Waals surface area contributed by atoms with Gasteiger partial charge in [0.05, 0.1) is 6.42 Å². The second-order valence-electron chi connectivity index (χ2n) is 5.56. The Bertz CT molecular complexity index is 565. The molecule has 0 bridgehead atoms. The Hall–Kier alpha value is -2.57. The zero-order valence-corrected chi connectivity index (χ0v) is 12.8. The van der Waals surface area contributed by atoms with Crippen molar-refractivity contribution in [2.75, 3.05) is 11.9 Å². The predicted octanol–water partition coefficient (Wildman–Crippen LogP) is 1.96. The largest absolute Gasteiger partial charge is 0.481 e. The van der Waals surface area contributed by atoms with Crippen molar-refractivity contribution in [3.63, 3.8) is 0 Å². The lowest BCUT2D eigenvalue weighted by atomic mass is 10.1. The van der Waals surface area contributed by atoms with Crippen molar-refractivity contribution in [2.45, 2.75) is 38.1 Å². The lowest BCUT2D eigenvalue weighted by Crippen LogP contribution is -2.32. The summed E-state index contributed by atoms with van der Waals surface area (Å²) in [7, 11) is 0. The Balaban J connectivity index is 1.80. The molecule has 0 aromatic heterocycles. The number of benzene rings is 1. The molecule has 0 radical (unpaired) electrons. The molecule has 1 aliphatic rings. The minimum absolute atomic E-state index is 0.0586. The summed E-state index contributed by atoms with van der Waals surface area (Å²) in [6.45, 7) is 0.0586. The molecule has 0 spiro atoms. The summed E-state index contributed by atoms with van der Waals surface area (Å²) in [4.78, 5) is 34.0. The Kier molecular flexibility index (Phi) is 5.96. The Labute approximate surface area is 134 Å². The van der Waals surface area contributed by atoms with Gasteiger partial charge in [0, 0.05) is 23.8 Å². The smallest absolute Gasteiger partial charge is 0.319 e. The van der Waals surface area contributed by atoms with Crippen LogP contribution in [0.25, 0.3) is 0 Å². The normalized spacial score (nSPS) is 14.3. The molecule has 0 unspecified atom stereocenters. The van der Waals surface area contributed by atoms with E-state index < -0.39 is 12.0 Å². The second kappa shape index (κ2) is 8.17. The summed E-state index contributed by atoms with van der Waals surface area (Å²) < 4.78 is 0. The van der Waals surface area contributed by atoms with E-state index in [0.717, 1.165) is 25.7 Å². The molecular formula is C16H21N3O4. The topological polar surface area (TPSA) is 108 Å². The fraction of sp³-hybridized carbons (Fsp3) is 0.438. The van der Waals surface area contributed by atoms with Gasteiger partial charge in [-0.25, -0.2) is 4.79 Å². The number of carbonyl (C=O) groups is 3. The van der Waals surface area contributed by atoms with E-state index in [-0.39, 0.29) is 24.9 Å². The summed E-state index contributed by atoms with van der Waals surface area (Å²) >= 11 is 0. The number of anilines is 1. The monoisotopic (exact) mass is 319 g/mol. The van der Waals surface area contributed by atoms with Crippen LogP contribution in [0.3, 0.4) is 0 Å². The van der Waals surface area contributed by atoms with Crippen LogP contribution in [0.2, 0.25) is 0 Å². The third-order valence-electron chi connectivity index (χ3n) is 3.72. The molecule has 0 saturated heterocycles. The maximum Gasteiger partial charge on any atom is 0.319 e. The average Bonchev–Trinajstić information content (AvgIpc) is 3.00. The quantitative estimate of drug-likeness (QED) is 0.643. The molecule has 23 heavy (non-hydrogen) atoms. The van der Waals surface area contributed by atoms with E-state index in [1.165, 1.54) is 0 Å². The van der Waals surface area contributed by atoms with Gasteiger partial charge in [0.25, 0.3) is 5.91 Å². The van der Waals surface area contributed by atoms with E-state index in [9.17, 15) is 14.4 Å². The van der Waals surface area contributed by atoms with E-state index in [0.29, 0.717) is 11.3 Å². The third-order valence-corrected chi connectivity index (χ3v) is 3.72. The molecule has 2 rings (SSSR count). The first-order chi connectivity index (χ1) is 11.0. The Morgan fingerprint density at radius 3 is 2.35 bits per heavy atom. The van der Waals surface area contributed by atoms with Crippen molar-refractivity contribution in [1.29, 1.82) is 0 Å². The van der Waals surface area contributed by atoms with Crippen LogP contribution in [0.1, 0.15) is 42.5 Å². The number of urea groups is 1. The maximum atomic E-state index is 12.1. The van der Waals surface area contributed by atoms with Gasteiger partial charge >= 0.3 is 12.0 Å². The molecule has 124 valence electrons. The minimum atomic E-state index is -0.970. The van der Waals surface area contributed by atoms with Crippen molar-refractivity contribution < 1.29 is 19.5 Å². The molecule has 0 atom stereocenters. The van der Waals surface area contributed by atoms with Gasteiger partial charge in [0.2, 0.25) is 0 Å². The van der Waals surface area contributed by atoms with Gasteiger partial charge in [-0.15, -0.1) is 0 Å². The van der Waals surface area contributed by atoms with Crippen LogP contribution in [0.4, 0.5) is 10.5 Å². The highest BCUT2D eigenvalue weighted by atomic mass is 16.4. The first-order valence-corrected chi connectivity index (χ1v) is 7.72. The molecule has 7 heteroatoms. The molecule has 3 amide bonds. The van der Waals surface area contributed by atoms with Gasteiger partial charge in [-0.3, -0.25) is 9.59 Å². The van der Waals surface area contributed by atoms with Crippen LogP contribution in [0.5, 0.6) is 0 Å². The van der Waals surface area contributed by atoms with E-state index in [4.69, 9.17) is 5.11 Å². The first-order valence-electron chi connectivity index (χ1n) is 7.72. The van der Waals surface area contributed by atoms with Crippen LogP contribution < -0.4 is 16.0 Å². The van der Waals surface area contributed by atoms with Crippen molar-refractivity contribution >= 4 is 23.6 Å². The number of amides is 3. The van der Waals surface area contributed by atoms with Gasteiger partial charge in [-0.1, -0.05) is 12.8 Å². The summed E-state index contributed by atoms with van der Waals surface area (Å²) in [6, 6.07) is 6.37. The second-order valence-corrected chi connectivity index (χ2v) is 5.56. The summed E-state index contributed by atoms with van der Waals surface area (Å²) in [5, 5.41) is 16.5. The SMILES string of the molecule is O=C(O)CCNC(=O)Nc1ccc(C(=O)NC2CCCC2)cc1. The van der Waals surface area contributed by atoms with Crippen LogP contribution in [-0.2, 0) is 4.79 Å². The minimum Gasteiger partial charge on any atom is -0.481 e. The first kappa shape index (κ1) is 16.8. The predicted molar refractivity (Wildman–Crippen MR) is 85.4 cm³/mol.